The van der Waals surface area contributed by atoms with E-state index in [1.807, 2.05) is 0 Å². The van der Waals surface area contributed by atoms with Gasteiger partial charge in [-0.1, -0.05) is 0 Å². The Bertz CT molecular complexity index is 892. The second kappa shape index (κ2) is 4.82. The van der Waals surface area contributed by atoms with Crippen LogP contribution in [0.4, 0.5) is 5.69 Å². The molecule has 0 bridgehead atoms. The molecule has 6 heteroatoms. The minimum absolute atomic E-state index is 0.209. The van der Waals surface area contributed by atoms with Gasteiger partial charge in [-0.15, -0.1) is 0 Å². The second-order valence-electron chi connectivity index (χ2n) is 4.51. The van der Waals surface area contributed by atoms with E-state index in [0.717, 1.165) is 0 Å². The molecule has 0 saturated carbocycles. The molecule has 1 heterocycles. The smallest absolute Gasteiger partial charge is 0.417 e. The van der Waals surface area contributed by atoms with Crippen molar-refractivity contribution < 1.29 is 13.9 Å². The molecule has 0 saturated heterocycles. The van der Waals surface area contributed by atoms with E-state index in [1.165, 1.54) is 13.2 Å². The van der Waals surface area contributed by atoms with Gasteiger partial charge in [0, 0.05) is 11.1 Å². The number of benzene rings is 2. The summed E-state index contributed by atoms with van der Waals surface area (Å²) in [5.41, 5.74) is 7.93. The number of aromatic amines is 1. The Morgan fingerprint density at radius 1 is 1.19 bits per heavy atom. The number of ether oxygens (including phenoxy) is 1. The Morgan fingerprint density at radius 2 is 1.90 bits per heavy atom. The predicted octanol–water partition coefficient (Wildman–Crippen LogP) is 1.94. The first-order valence-corrected chi connectivity index (χ1v) is 6.19. The van der Waals surface area contributed by atoms with E-state index in [4.69, 9.17) is 14.9 Å². The van der Waals surface area contributed by atoms with Gasteiger partial charge in [0.1, 0.15) is 5.75 Å². The van der Waals surface area contributed by atoms with Gasteiger partial charge in [0.2, 0.25) is 0 Å². The van der Waals surface area contributed by atoms with Crippen LogP contribution >= 0.6 is 0 Å². The number of methoxy groups -OCH3 is 1. The number of carbonyl (C=O) groups excluding carboxylic acids is 1. The highest BCUT2D eigenvalue weighted by Crippen LogP contribution is 2.24. The minimum Gasteiger partial charge on any atom is -0.495 e. The van der Waals surface area contributed by atoms with E-state index >= 15 is 0 Å². The van der Waals surface area contributed by atoms with Crippen molar-refractivity contribution in [2.75, 3.05) is 12.8 Å². The number of H-pyrrole nitrogens is 1. The van der Waals surface area contributed by atoms with Gasteiger partial charge in [0.15, 0.2) is 11.4 Å². The highest BCUT2D eigenvalue weighted by Gasteiger charge is 2.13. The van der Waals surface area contributed by atoms with E-state index in [1.54, 1.807) is 30.3 Å². The molecule has 0 aliphatic carbocycles. The molecule has 0 fully saturated rings. The molecule has 0 aliphatic heterocycles. The van der Waals surface area contributed by atoms with E-state index < -0.39 is 5.76 Å². The van der Waals surface area contributed by atoms with Gasteiger partial charge in [0.25, 0.3) is 0 Å². The molecule has 0 aliphatic rings. The summed E-state index contributed by atoms with van der Waals surface area (Å²) >= 11 is 0. The van der Waals surface area contributed by atoms with Crippen LogP contribution in [0.5, 0.6) is 5.75 Å². The predicted molar refractivity (Wildman–Crippen MR) is 77.7 cm³/mol. The van der Waals surface area contributed by atoms with Crippen LogP contribution in [0.15, 0.2) is 45.6 Å². The average molecular weight is 284 g/mol. The third-order valence-electron chi connectivity index (χ3n) is 3.18. The summed E-state index contributed by atoms with van der Waals surface area (Å²) in [5, 5.41) is 0. The van der Waals surface area contributed by atoms with Gasteiger partial charge in [-0.05, 0) is 36.4 Å². The normalized spacial score (nSPS) is 10.7. The number of hydrogen-bond acceptors (Lipinski definition) is 5. The lowest BCUT2D eigenvalue weighted by molar-refractivity contribution is 0.103. The van der Waals surface area contributed by atoms with Gasteiger partial charge in [-0.2, -0.15) is 0 Å². The van der Waals surface area contributed by atoms with Gasteiger partial charge >= 0.3 is 5.76 Å². The number of nitrogens with two attached hydrogens (primary N) is 1. The number of hydrogen-bond donors (Lipinski definition) is 2. The largest absolute Gasteiger partial charge is 0.495 e. The maximum atomic E-state index is 12.4. The second-order valence-corrected chi connectivity index (χ2v) is 4.51. The molecule has 0 unspecified atom stereocenters. The van der Waals surface area contributed by atoms with Crippen molar-refractivity contribution in [3.63, 3.8) is 0 Å². The molecule has 21 heavy (non-hydrogen) atoms. The van der Waals surface area contributed by atoms with Crippen LogP contribution in [0.1, 0.15) is 15.9 Å². The number of anilines is 1. The monoisotopic (exact) mass is 284 g/mol. The standard InChI is InChI=1S/C15H12N2O4/c1-20-12-6-8(2-4-10(12)16)14(18)9-3-5-11-13(7-9)21-15(19)17-11/h2-7H,16H2,1H3,(H,17,19). The molecular formula is C15H12N2O4. The lowest BCUT2D eigenvalue weighted by atomic mass is 10.0. The Kier molecular flexibility index (Phi) is 2.98. The Hall–Kier alpha value is -3.02. The van der Waals surface area contributed by atoms with Crippen LogP contribution in [0.3, 0.4) is 0 Å². The highest BCUT2D eigenvalue weighted by atomic mass is 16.5. The molecule has 0 atom stereocenters. The highest BCUT2D eigenvalue weighted by molar-refractivity contribution is 6.10. The number of ketones is 1. The number of oxazole rings is 1. The quantitative estimate of drug-likeness (QED) is 0.565. The summed E-state index contributed by atoms with van der Waals surface area (Å²) in [5.74, 6) is -0.321. The third kappa shape index (κ3) is 2.27. The lowest BCUT2D eigenvalue weighted by Gasteiger charge is -2.07. The lowest BCUT2D eigenvalue weighted by Crippen LogP contribution is -2.02. The molecule has 2 aromatic carbocycles. The molecule has 6 nitrogen and oxygen atoms in total. The van der Waals surface area contributed by atoms with Gasteiger partial charge in [0.05, 0.1) is 18.3 Å². The van der Waals surface area contributed by atoms with E-state index in [-0.39, 0.29) is 5.78 Å². The first-order valence-electron chi connectivity index (χ1n) is 6.19. The van der Waals surface area contributed by atoms with Gasteiger partial charge < -0.3 is 14.9 Å². The zero-order valence-electron chi connectivity index (χ0n) is 11.2. The van der Waals surface area contributed by atoms with Gasteiger partial charge in [-0.25, -0.2) is 4.79 Å². The zero-order chi connectivity index (χ0) is 15.0. The van der Waals surface area contributed by atoms with Crippen LogP contribution in [0.2, 0.25) is 0 Å². The maximum Gasteiger partial charge on any atom is 0.417 e. The van der Waals surface area contributed by atoms with E-state index in [2.05, 4.69) is 4.98 Å². The Labute approximate surface area is 119 Å². The van der Waals surface area contributed by atoms with Crippen LogP contribution < -0.4 is 16.2 Å². The molecule has 3 aromatic rings. The molecule has 0 radical (unpaired) electrons. The number of rotatable bonds is 3. The molecule has 106 valence electrons. The topological polar surface area (TPSA) is 98.3 Å². The molecule has 0 amide bonds. The van der Waals surface area contributed by atoms with Crippen LogP contribution in [-0.2, 0) is 0 Å². The summed E-state index contributed by atoms with van der Waals surface area (Å²) in [6, 6.07) is 9.59. The average Bonchev–Trinajstić information content (AvgIpc) is 2.86. The summed E-state index contributed by atoms with van der Waals surface area (Å²) < 4.78 is 10.1. The van der Waals surface area contributed by atoms with Crippen molar-refractivity contribution in [1.82, 2.24) is 4.98 Å². The SMILES string of the molecule is COc1cc(C(=O)c2ccc3[nH]c(=O)oc3c2)ccc1N. The number of nitrogen functional groups attached to an aromatic ring is 1. The third-order valence-corrected chi connectivity index (χ3v) is 3.18. The van der Waals surface area contributed by atoms with E-state index in [0.29, 0.717) is 33.7 Å². The summed E-state index contributed by atoms with van der Waals surface area (Å²) in [7, 11) is 1.49. The van der Waals surface area contributed by atoms with Crippen molar-refractivity contribution in [3.05, 3.63) is 58.1 Å². The van der Waals surface area contributed by atoms with Crippen molar-refractivity contribution in [2.24, 2.45) is 0 Å². The van der Waals surface area contributed by atoms with Crippen molar-refractivity contribution in [1.29, 1.82) is 0 Å². The van der Waals surface area contributed by atoms with Crippen molar-refractivity contribution >= 4 is 22.6 Å². The minimum atomic E-state index is -0.552. The van der Waals surface area contributed by atoms with E-state index in [9.17, 15) is 9.59 Å². The number of nitrogens with one attached hydrogen (secondary N) is 1. The summed E-state index contributed by atoms with van der Waals surface area (Å²) in [6.45, 7) is 0. The molecular weight excluding hydrogens is 272 g/mol. The zero-order valence-corrected chi connectivity index (χ0v) is 11.2. The van der Waals surface area contributed by atoms with Crippen LogP contribution in [0.25, 0.3) is 11.1 Å². The fraction of sp³-hybridized carbons (Fsp3) is 0.0667. The summed E-state index contributed by atoms with van der Waals surface area (Å²) in [6.07, 6.45) is 0. The number of carbonyl (C=O) groups is 1. The Morgan fingerprint density at radius 3 is 2.67 bits per heavy atom. The maximum absolute atomic E-state index is 12.4. The van der Waals surface area contributed by atoms with Crippen molar-refractivity contribution in [2.45, 2.75) is 0 Å². The molecule has 0 spiro atoms. The molecule has 3 N–H and O–H groups in total. The Balaban J connectivity index is 2.05. The fourth-order valence-electron chi connectivity index (χ4n) is 2.11. The van der Waals surface area contributed by atoms with Crippen LogP contribution in [0, 0.1) is 0 Å². The van der Waals surface area contributed by atoms with Crippen molar-refractivity contribution in [3.8, 4) is 5.75 Å². The fourth-order valence-corrected chi connectivity index (χ4v) is 2.11. The number of aromatic nitrogens is 1. The van der Waals surface area contributed by atoms with Crippen LogP contribution in [-0.4, -0.2) is 17.9 Å². The van der Waals surface area contributed by atoms with Gasteiger partial charge in [-0.3, -0.25) is 9.78 Å². The molecule has 3 rings (SSSR count). The first kappa shape index (κ1) is 13.0. The molecule has 1 aromatic heterocycles. The number of fused-ring (bicyclic) bond motifs is 1. The summed E-state index contributed by atoms with van der Waals surface area (Å²) in [4.78, 5) is 26.1. The first-order chi connectivity index (χ1) is 10.1.